The van der Waals surface area contributed by atoms with Crippen LogP contribution in [0.2, 0.25) is 0 Å². The zero-order valence-electron chi connectivity index (χ0n) is 10.3. The first-order valence-electron chi connectivity index (χ1n) is 6.69. The second-order valence-corrected chi connectivity index (χ2v) is 5.30. The summed E-state index contributed by atoms with van der Waals surface area (Å²) >= 11 is 0. The molecule has 1 N–H and O–H groups in total. The Morgan fingerprint density at radius 1 is 1.22 bits per heavy atom. The quantitative estimate of drug-likeness (QED) is 0.871. The van der Waals surface area contributed by atoms with Crippen LogP contribution in [0.15, 0.2) is 10.9 Å². The van der Waals surface area contributed by atoms with Crippen LogP contribution in [0.1, 0.15) is 59.8 Å². The van der Waals surface area contributed by atoms with Gasteiger partial charge in [-0.05, 0) is 43.7 Å². The number of hydrogen-bond acceptors (Lipinski definition) is 2. The molecule has 2 aliphatic carbocycles. The Kier molecular flexibility index (Phi) is 2.73. The summed E-state index contributed by atoms with van der Waals surface area (Å²) in [7, 11) is 0. The highest BCUT2D eigenvalue weighted by atomic mass is 16.4. The highest BCUT2D eigenvalue weighted by Crippen LogP contribution is 2.32. The van der Waals surface area contributed by atoms with E-state index in [4.69, 9.17) is 5.11 Å². The van der Waals surface area contributed by atoms with Crippen molar-refractivity contribution in [1.29, 1.82) is 0 Å². The van der Waals surface area contributed by atoms with Crippen LogP contribution in [0.25, 0.3) is 0 Å². The molecule has 0 atom stereocenters. The van der Waals surface area contributed by atoms with Crippen molar-refractivity contribution in [3.8, 4) is 0 Å². The minimum absolute atomic E-state index is 0.0532. The standard InChI is InChI=1S/C14H17NO3/c16-13-11(14(17)18)8-9-4-3-7-12(9)15(13)10-5-1-2-6-10/h8,10H,1-7H2,(H,17,18). The Labute approximate surface area is 105 Å². The molecule has 0 amide bonds. The fraction of sp³-hybridized carbons (Fsp3) is 0.571. The van der Waals surface area contributed by atoms with E-state index in [0.717, 1.165) is 56.2 Å². The molecule has 0 radical (unpaired) electrons. The van der Waals surface area contributed by atoms with Crippen LogP contribution in [0.5, 0.6) is 0 Å². The molecule has 96 valence electrons. The predicted molar refractivity (Wildman–Crippen MR) is 67.2 cm³/mol. The monoisotopic (exact) mass is 247 g/mol. The molecule has 0 unspecified atom stereocenters. The summed E-state index contributed by atoms with van der Waals surface area (Å²) in [5, 5.41) is 9.15. The van der Waals surface area contributed by atoms with Crippen molar-refractivity contribution in [3.63, 3.8) is 0 Å². The van der Waals surface area contributed by atoms with Gasteiger partial charge in [0, 0.05) is 11.7 Å². The molecule has 1 heterocycles. The van der Waals surface area contributed by atoms with Gasteiger partial charge in [0.15, 0.2) is 0 Å². The summed E-state index contributed by atoms with van der Waals surface area (Å²) in [4.78, 5) is 23.5. The lowest BCUT2D eigenvalue weighted by atomic mass is 10.1. The molecule has 4 nitrogen and oxygen atoms in total. The number of fused-ring (bicyclic) bond motifs is 1. The number of aromatic carboxylic acids is 1. The summed E-state index contributed by atoms with van der Waals surface area (Å²) in [6.07, 6.45) is 7.16. The Morgan fingerprint density at radius 2 is 1.94 bits per heavy atom. The van der Waals surface area contributed by atoms with E-state index < -0.39 is 5.97 Å². The number of nitrogens with zero attached hydrogens (tertiary/aromatic N) is 1. The number of pyridine rings is 1. The van der Waals surface area contributed by atoms with Crippen LogP contribution < -0.4 is 5.56 Å². The number of aryl methyl sites for hydroxylation is 1. The molecule has 0 saturated heterocycles. The van der Waals surface area contributed by atoms with Crippen LogP contribution >= 0.6 is 0 Å². The van der Waals surface area contributed by atoms with Gasteiger partial charge in [0.05, 0.1) is 0 Å². The third kappa shape index (κ3) is 1.67. The molecule has 1 fully saturated rings. The molecule has 0 bridgehead atoms. The van der Waals surface area contributed by atoms with E-state index in [1.807, 2.05) is 0 Å². The molecular weight excluding hydrogens is 230 g/mol. The Morgan fingerprint density at radius 3 is 2.61 bits per heavy atom. The zero-order valence-corrected chi connectivity index (χ0v) is 10.3. The van der Waals surface area contributed by atoms with E-state index in [2.05, 4.69) is 0 Å². The van der Waals surface area contributed by atoms with Gasteiger partial charge < -0.3 is 9.67 Å². The van der Waals surface area contributed by atoms with Gasteiger partial charge in [-0.2, -0.15) is 0 Å². The topological polar surface area (TPSA) is 59.3 Å². The zero-order chi connectivity index (χ0) is 12.7. The van der Waals surface area contributed by atoms with E-state index in [-0.39, 0.29) is 17.2 Å². The third-order valence-electron chi connectivity index (χ3n) is 4.21. The minimum Gasteiger partial charge on any atom is -0.477 e. The summed E-state index contributed by atoms with van der Waals surface area (Å²) < 4.78 is 1.80. The first-order valence-corrected chi connectivity index (χ1v) is 6.69. The van der Waals surface area contributed by atoms with Crippen LogP contribution in [0.4, 0.5) is 0 Å². The van der Waals surface area contributed by atoms with Gasteiger partial charge in [-0.25, -0.2) is 4.79 Å². The molecule has 3 rings (SSSR count). The van der Waals surface area contributed by atoms with Crippen LogP contribution in [-0.2, 0) is 12.8 Å². The van der Waals surface area contributed by atoms with Crippen LogP contribution in [-0.4, -0.2) is 15.6 Å². The lowest BCUT2D eigenvalue weighted by Crippen LogP contribution is -2.31. The van der Waals surface area contributed by atoms with Crippen LogP contribution in [0, 0.1) is 0 Å². The average Bonchev–Trinajstić information content (AvgIpc) is 2.97. The summed E-state index contributed by atoms with van der Waals surface area (Å²) in [5.74, 6) is -1.10. The molecule has 1 aromatic heterocycles. The molecule has 4 heteroatoms. The average molecular weight is 247 g/mol. The predicted octanol–water partition coefficient (Wildman–Crippen LogP) is 2.15. The lowest BCUT2D eigenvalue weighted by molar-refractivity contribution is 0.0694. The number of carboxylic acids is 1. The maximum Gasteiger partial charge on any atom is 0.341 e. The SMILES string of the molecule is O=C(O)c1cc2c(n(C3CCCC3)c1=O)CCC2. The smallest absolute Gasteiger partial charge is 0.341 e. The normalized spacial score (nSPS) is 19.1. The van der Waals surface area contributed by atoms with Crippen molar-refractivity contribution in [3.05, 3.63) is 33.2 Å². The maximum absolute atomic E-state index is 12.3. The summed E-state index contributed by atoms with van der Waals surface area (Å²) in [5.41, 5.74) is 1.81. The van der Waals surface area contributed by atoms with Gasteiger partial charge in [0.1, 0.15) is 5.56 Å². The first-order chi connectivity index (χ1) is 8.68. The molecular formula is C14H17NO3. The fourth-order valence-corrected chi connectivity index (χ4v) is 3.37. The van der Waals surface area contributed by atoms with E-state index in [1.165, 1.54) is 0 Å². The van der Waals surface area contributed by atoms with Crippen molar-refractivity contribution in [2.24, 2.45) is 0 Å². The van der Waals surface area contributed by atoms with Crippen molar-refractivity contribution in [1.82, 2.24) is 4.57 Å². The molecule has 0 spiro atoms. The molecule has 18 heavy (non-hydrogen) atoms. The van der Waals surface area contributed by atoms with Crippen molar-refractivity contribution >= 4 is 5.97 Å². The van der Waals surface area contributed by atoms with Crippen molar-refractivity contribution in [2.45, 2.75) is 51.0 Å². The first kappa shape index (κ1) is 11.5. The Bertz CT molecular complexity index is 553. The Balaban J connectivity index is 2.21. The second-order valence-electron chi connectivity index (χ2n) is 5.30. The fourth-order valence-electron chi connectivity index (χ4n) is 3.37. The number of rotatable bonds is 2. The van der Waals surface area contributed by atoms with Crippen molar-refractivity contribution in [2.75, 3.05) is 0 Å². The molecule has 1 aromatic rings. The molecule has 1 saturated carbocycles. The minimum atomic E-state index is -1.10. The third-order valence-corrected chi connectivity index (χ3v) is 4.21. The highest BCUT2D eigenvalue weighted by molar-refractivity contribution is 5.87. The summed E-state index contributed by atoms with van der Waals surface area (Å²) in [6.45, 7) is 0. The van der Waals surface area contributed by atoms with Gasteiger partial charge in [0.2, 0.25) is 0 Å². The molecule has 0 aliphatic heterocycles. The largest absolute Gasteiger partial charge is 0.477 e. The van der Waals surface area contributed by atoms with Gasteiger partial charge in [0.25, 0.3) is 5.56 Å². The maximum atomic E-state index is 12.3. The van der Waals surface area contributed by atoms with Gasteiger partial charge >= 0.3 is 5.97 Å². The molecule has 0 aromatic carbocycles. The van der Waals surface area contributed by atoms with Crippen LogP contribution in [0.3, 0.4) is 0 Å². The number of aromatic nitrogens is 1. The number of carboxylic acid groups (broad SMARTS) is 1. The van der Waals surface area contributed by atoms with Gasteiger partial charge in [-0.1, -0.05) is 12.8 Å². The summed E-state index contributed by atoms with van der Waals surface area (Å²) in [6, 6.07) is 1.82. The second kappa shape index (κ2) is 4.26. The Hall–Kier alpha value is -1.58. The van der Waals surface area contributed by atoms with Crippen molar-refractivity contribution < 1.29 is 9.90 Å². The van der Waals surface area contributed by atoms with E-state index in [1.54, 1.807) is 10.6 Å². The van der Waals surface area contributed by atoms with Gasteiger partial charge in [-0.15, -0.1) is 0 Å². The lowest BCUT2D eigenvalue weighted by Gasteiger charge is -2.19. The van der Waals surface area contributed by atoms with E-state index in [0.29, 0.717) is 0 Å². The molecule has 2 aliphatic rings. The highest BCUT2D eigenvalue weighted by Gasteiger charge is 2.27. The van der Waals surface area contributed by atoms with Gasteiger partial charge in [-0.3, -0.25) is 4.79 Å². The van der Waals surface area contributed by atoms with E-state index in [9.17, 15) is 9.59 Å². The van der Waals surface area contributed by atoms with E-state index >= 15 is 0 Å². The number of hydrogen-bond donors (Lipinski definition) is 1. The number of carbonyl (C=O) groups is 1.